The summed E-state index contributed by atoms with van der Waals surface area (Å²) in [4.78, 5) is 11.2. The maximum absolute atomic E-state index is 11.2. The highest BCUT2D eigenvalue weighted by atomic mass is 127. The van der Waals surface area contributed by atoms with Crippen LogP contribution >= 0.6 is 34.2 Å². The molecular formula is C10H9ClIN3O. The smallest absolute Gasteiger partial charge is 0.240 e. The second-order valence-corrected chi connectivity index (χ2v) is 4.57. The fraction of sp³-hybridized carbons (Fsp3) is 0.200. The second-order valence-electron chi connectivity index (χ2n) is 2.91. The molecule has 0 unspecified atom stereocenters. The largest absolute Gasteiger partial charge is 0.375 e. The van der Waals surface area contributed by atoms with Gasteiger partial charge in [0.05, 0.1) is 23.3 Å². The molecule has 2 N–H and O–H groups in total. The highest BCUT2D eigenvalue weighted by Crippen LogP contribution is 2.23. The normalized spacial score (nSPS) is 9.31. The van der Waals surface area contributed by atoms with E-state index in [4.69, 9.17) is 16.9 Å². The van der Waals surface area contributed by atoms with Gasteiger partial charge in [0.1, 0.15) is 6.54 Å². The highest BCUT2D eigenvalue weighted by Gasteiger charge is 2.03. The van der Waals surface area contributed by atoms with Gasteiger partial charge in [0.15, 0.2) is 0 Å². The third-order valence-corrected chi connectivity index (χ3v) is 2.72. The molecule has 0 bridgehead atoms. The molecular weight excluding hydrogens is 340 g/mol. The molecule has 0 saturated carbocycles. The first-order chi connectivity index (χ1) is 7.63. The molecule has 4 nitrogen and oxygen atoms in total. The van der Waals surface area contributed by atoms with Gasteiger partial charge in [-0.05, 0) is 40.8 Å². The molecule has 0 aliphatic carbocycles. The molecule has 16 heavy (non-hydrogen) atoms. The summed E-state index contributed by atoms with van der Waals surface area (Å²) >= 11 is 8.12. The third kappa shape index (κ3) is 4.24. The topological polar surface area (TPSA) is 64.9 Å². The number of halogens is 2. The van der Waals surface area contributed by atoms with E-state index in [1.54, 1.807) is 6.07 Å². The minimum absolute atomic E-state index is 0.0148. The Labute approximate surface area is 112 Å². The summed E-state index contributed by atoms with van der Waals surface area (Å²) in [6.45, 7) is 0.114. The average Bonchev–Trinajstić information content (AvgIpc) is 2.25. The van der Waals surface area contributed by atoms with Gasteiger partial charge in [-0.1, -0.05) is 11.6 Å². The number of nitrogens with one attached hydrogen (secondary N) is 2. The average molecular weight is 350 g/mol. The third-order valence-electron chi connectivity index (χ3n) is 1.74. The molecule has 1 rings (SSSR count). The zero-order chi connectivity index (χ0) is 12.0. The quantitative estimate of drug-likeness (QED) is 0.645. The number of hydrogen-bond acceptors (Lipinski definition) is 3. The van der Waals surface area contributed by atoms with E-state index in [1.165, 1.54) is 0 Å². The lowest BCUT2D eigenvalue weighted by Gasteiger charge is -2.07. The van der Waals surface area contributed by atoms with Crippen molar-refractivity contribution >= 4 is 45.8 Å². The summed E-state index contributed by atoms with van der Waals surface area (Å²) in [7, 11) is 0. The summed E-state index contributed by atoms with van der Waals surface area (Å²) in [6, 6.07) is 7.33. The van der Waals surface area contributed by atoms with Gasteiger partial charge in [0.2, 0.25) is 5.91 Å². The van der Waals surface area contributed by atoms with Gasteiger partial charge in [-0.3, -0.25) is 4.79 Å². The fourth-order valence-corrected chi connectivity index (χ4v) is 1.93. The first-order valence-corrected chi connectivity index (χ1v) is 5.91. The Balaban J connectivity index is 2.49. The second kappa shape index (κ2) is 6.55. The first kappa shape index (κ1) is 13.1. The van der Waals surface area contributed by atoms with E-state index in [0.29, 0.717) is 10.7 Å². The molecule has 1 aromatic carbocycles. The number of nitriles is 1. The number of anilines is 1. The van der Waals surface area contributed by atoms with Gasteiger partial charge < -0.3 is 10.6 Å². The lowest BCUT2D eigenvalue weighted by Crippen LogP contribution is -2.30. The van der Waals surface area contributed by atoms with Crippen LogP contribution in [0, 0.1) is 14.9 Å². The van der Waals surface area contributed by atoms with Crippen molar-refractivity contribution in [2.45, 2.75) is 0 Å². The Morgan fingerprint density at radius 3 is 2.94 bits per heavy atom. The monoisotopic (exact) mass is 349 g/mol. The molecule has 0 aliphatic rings. The van der Waals surface area contributed by atoms with Crippen molar-refractivity contribution in [1.29, 1.82) is 5.26 Å². The Bertz CT molecular complexity index is 431. The zero-order valence-electron chi connectivity index (χ0n) is 8.26. The van der Waals surface area contributed by atoms with Crippen LogP contribution in [0.1, 0.15) is 0 Å². The maximum atomic E-state index is 11.2. The Morgan fingerprint density at radius 1 is 1.56 bits per heavy atom. The van der Waals surface area contributed by atoms with Gasteiger partial charge in [-0.15, -0.1) is 0 Å². The van der Waals surface area contributed by atoms with Crippen LogP contribution in [-0.2, 0) is 4.79 Å². The van der Waals surface area contributed by atoms with Crippen molar-refractivity contribution in [3.8, 4) is 6.07 Å². The summed E-state index contributed by atoms with van der Waals surface area (Å²) in [6.07, 6.45) is 0. The number of carbonyl (C=O) groups is 1. The van der Waals surface area contributed by atoms with E-state index < -0.39 is 0 Å². The summed E-state index contributed by atoms with van der Waals surface area (Å²) in [5.41, 5.74) is 0.703. The van der Waals surface area contributed by atoms with Crippen LogP contribution in [-0.4, -0.2) is 19.0 Å². The van der Waals surface area contributed by atoms with Gasteiger partial charge in [0.25, 0.3) is 0 Å². The number of rotatable bonds is 4. The zero-order valence-corrected chi connectivity index (χ0v) is 11.2. The van der Waals surface area contributed by atoms with Crippen LogP contribution in [0.25, 0.3) is 0 Å². The van der Waals surface area contributed by atoms with E-state index in [2.05, 4.69) is 33.2 Å². The van der Waals surface area contributed by atoms with Crippen molar-refractivity contribution in [2.75, 3.05) is 18.4 Å². The lowest BCUT2D eigenvalue weighted by atomic mass is 10.3. The molecule has 0 atom stereocenters. The molecule has 0 aliphatic heterocycles. The van der Waals surface area contributed by atoms with Crippen LogP contribution in [0.3, 0.4) is 0 Å². The van der Waals surface area contributed by atoms with Crippen molar-refractivity contribution in [1.82, 2.24) is 5.32 Å². The van der Waals surface area contributed by atoms with Gasteiger partial charge >= 0.3 is 0 Å². The molecule has 0 radical (unpaired) electrons. The lowest BCUT2D eigenvalue weighted by molar-refractivity contribution is -0.119. The molecule has 0 heterocycles. The molecule has 1 amide bonds. The van der Waals surface area contributed by atoms with E-state index in [9.17, 15) is 4.79 Å². The van der Waals surface area contributed by atoms with Gasteiger partial charge in [-0.2, -0.15) is 5.26 Å². The molecule has 0 fully saturated rings. The number of nitrogens with zero attached hydrogens (tertiary/aromatic N) is 1. The van der Waals surface area contributed by atoms with E-state index >= 15 is 0 Å². The van der Waals surface area contributed by atoms with Crippen LogP contribution in [0.5, 0.6) is 0 Å². The minimum atomic E-state index is -0.240. The fourth-order valence-electron chi connectivity index (χ4n) is 1.01. The van der Waals surface area contributed by atoms with E-state index in [1.807, 2.05) is 18.2 Å². The summed E-state index contributed by atoms with van der Waals surface area (Å²) in [5.74, 6) is -0.240. The molecule has 6 heteroatoms. The maximum Gasteiger partial charge on any atom is 0.240 e. The molecule has 0 saturated heterocycles. The van der Waals surface area contributed by atoms with Crippen LogP contribution in [0.15, 0.2) is 18.2 Å². The van der Waals surface area contributed by atoms with E-state index in [-0.39, 0.29) is 19.0 Å². The summed E-state index contributed by atoms with van der Waals surface area (Å²) < 4.78 is 1.03. The van der Waals surface area contributed by atoms with Gasteiger partial charge in [0, 0.05) is 3.57 Å². The molecule has 1 aromatic rings. The minimum Gasteiger partial charge on any atom is -0.375 e. The number of benzene rings is 1. The molecule has 84 valence electrons. The van der Waals surface area contributed by atoms with Crippen LogP contribution < -0.4 is 10.6 Å². The SMILES string of the molecule is N#CCNC(=O)CNc1ccc(I)cc1Cl. The highest BCUT2D eigenvalue weighted by molar-refractivity contribution is 14.1. The van der Waals surface area contributed by atoms with Crippen molar-refractivity contribution in [2.24, 2.45) is 0 Å². The van der Waals surface area contributed by atoms with Crippen molar-refractivity contribution < 1.29 is 4.79 Å². The molecule has 0 aromatic heterocycles. The number of hydrogen-bond donors (Lipinski definition) is 2. The number of carbonyl (C=O) groups excluding carboxylic acids is 1. The Kier molecular flexibility index (Phi) is 5.35. The summed E-state index contributed by atoms with van der Waals surface area (Å²) in [5, 5.41) is 14.2. The predicted molar refractivity (Wildman–Crippen MR) is 71.3 cm³/mol. The van der Waals surface area contributed by atoms with Gasteiger partial charge in [-0.25, -0.2) is 0 Å². The standard InChI is InChI=1S/C10H9ClIN3O/c11-8-5-7(12)1-2-9(8)15-6-10(16)14-4-3-13/h1-2,5,15H,4,6H2,(H,14,16). The van der Waals surface area contributed by atoms with Crippen LogP contribution in [0.4, 0.5) is 5.69 Å². The van der Waals surface area contributed by atoms with E-state index in [0.717, 1.165) is 3.57 Å². The Morgan fingerprint density at radius 2 is 2.31 bits per heavy atom. The van der Waals surface area contributed by atoms with Crippen molar-refractivity contribution in [3.05, 3.63) is 26.8 Å². The predicted octanol–water partition coefficient (Wildman–Crippen LogP) is 2.00. The number of amides is 1. The van der Waals surface area contributed by atoms with Crippen LogP contribution in [0.2, 0.25) is 5.02 Å². The first-order valence-electron chi connectivity index (χ1n) is 4.46. The molecule has 0 spiro atoms. The Hall–Kier alpha value is -1.000. The van der Waals surface area contributed by atoms with Crippen molar-refractivity contribution in [3.63, 3.8) is 0 Å².